The maximum absolute atomic E-state index is 14.0. The monoisotopic (exact) mass is 385 g/mol. The number of hydrogen-bond acceptors (Lipinski definition) is 4. The molecular formula is C21H20FNO3S. The third-order valence-electron chi connectivity index (χ3n) is 4.28. The van der Waals surface area contributed by atoms with E-state index in [4.69, 9.17) is 4.74 Å². The summed E-state index contributed by atoms with van der Waals surface area (Å²) in [5.41, 5.74) is 2.24. The molecule has 140 valence electrons. The SMILES string of the molecule is Cc1c(C(=O)OCC(=O)Nc2ccccc2C(C)C)sc2cccc(F)c12. The minimum absolute atomic E-state index is 0.250. The topological polar surface area (TPSA) is 55.4 Å². The number of nitrogens with one attached hydrogen (secondary N) is 1. The molecule has 27 heavy (non-hydrogen) atoms. The van der Waals surface area contributed by atoms with Gasteiger partial charge in [-0.15, -0.1) is 11.3 Å². The minimum atomic E-state index is -0.625. The molecule has 0 aliphatic rings. The summed E-state index contributed by atoms with van der Waals surface area (Å²) in [6.45, 7) is 5.35. The fraction of sp³-hybridized carbons (Fsp3) is 0.238. The second-order valence-electron chi connectivity index (χ2n) is 6.54. The van der Waals surface area contributed by atoms with E-state index in [0.717, 1.165) is 16.9 Å². The number of benzene rings is 2. The molecule has 0 unspecified atom stereocenters. The molecule has 0 saturated carbocycles. The van der Waals surface area contributed by atoms with Crippen LogP contribution < -0.4 is 5.32 Å². The first kappa shape index (κ1) is 19.0. The maximum Gasteiger partial charge on any atom is 0.349 e. The van der Waals surface area contributed by atoms with Gasteiger partial charge in [-0.3, -0.25) is 4.79 Å². The molecule has 1 heterocycles. The molecular weight excluding hydrogens is 365 g/mol. The first-order valence-corrected chi connectivity index (χ1v) is 9.43. The molecule has 2 aromatic carbocycles. The smallest absolute Gasteiger partial charge is 0.349 e. The van der Waals surface area contributed by atoms with Crippen LogP contribution in [0.2, 0.25) is 0 Å². The quantitative estimate of drug-likeness (QED) is 0.609. The number of anilines is 1. The zero-order valence-corrected chi connectivity index (χ0v) is 16.2. The van der Waals surface area contributed by atoms with Crippen LogP contribution in [0.5, 0.6) is 0 Å². The van der Waals surface area contributed by atoms with Gasteiger partial charge in [0.1, 0.15) is 10.7 Å². The summed E-state index contributed by atoms with van der Waals surface area (Å²) in [6.07, 6.45) is 0. The first-order valence-electron chi connectivity index (χ1n) is 8.62. The molecule has 3 rings (SSSR count). The summed E-state index contributed by atoms with van der Waals surface area (Å²) >= 11 is 1.16. The molecule has 6 heteroatoms. The highest BCUT2D eigenvalue weighted by Gasteiger charge is 2.20. The Morgan fingerprint density at radius 2 is 1.89 bits per heavy atom. The molecule has 1 amide bonds. The number of carbonyl (C=O) groups is 2. The van der Waals surface area contributed by atoms with Gasteiger partial charge >= 0.3 is 5.97 Å². The largest absolute Gasteiger partial charge is 0.451 e. The van der Waals surface area contributed by atoms with Crippen molar-refractivity contribution < 1.29 is 18.7 Å². The number of esters is 1. The Balaban J connectivity index is 1.69. The summed E-state index contributed by atoms with van der Waals surface area (Å²) in [6, 6.07) is 12.2. The number of para-hydroxylation sites is 1. The third kappa shape index (κ3) is 4.01. The van der Waals surface area contributed by atoms with Crippen LogP contribution in [-0.2, 0) is 9.53 Å². The van der Waals surface area contributed by atoms with Crippen molar-refractivity contribution in [2.24, 2.45) is 0 Å². The summed E-state index contributed by atoms with van der Waals surface area (Å²) in [5.74, 6) is -1.16. The van der Waals surface area contributed by atoms with Crippen molar-refractivity contribution >= 4 is 39.0 Å². The van der Waals surface area contributed by atoms with Gasteiger partial charge in [-0.25, -0.2) is 9.18 Å². The summed E-state index contributed by atoms with van der Waals surface area (Å²) in [5, 5.41) is 3.20. The lowest BCUT2D eigenvalue weighted by molar-refractivity contribution is -0.119. The van der Waals surface area contributed by atoms with Crippen molar-refractivity contribution in [3.8, 4) is 0 Å². The Kier molecular flexibility index (Phi) is 5.56. The molecule has 0 atom stereocenters. The highest BCUT2D eigenvalue weighted by molar-refractivity contribution is 7.21. The number of carbonyl (C=O) groups excluding carboxylic acids is 2. The molecule has 4 nitrogen and oxygen atoms in total. The average Bonchev–Trinajstić information content (AvgIpc) is 2.98. The van der Waals surface area contributed by atoms with Gasteiger partial charge in [-0.1, -0.05) is 38.1 Å². The standard InChI is InChI=1S/C21H20FNO3S/c1-12(2)14-7-4-5-9-16(14)23-18(24)11-26-21(25)20-13(3)19-15(22)8-6-10-17(19)27-20/h4-10,12H,11H2,1-3H3,(H,23,24). The molecule has 0 saturated heterocycles. The Hall–Kier alpha value is -2.73. The first-order chi connectivity index (χ1) is 12.9. The van der Waals surface area contributed by atoms with Crippen molar-refractivity contribution in [1.29, 1.82) is 0 Å². The predicted octanol–water partition coefficient (Wildman–Crippen LogP) is 5.27. The van der Waals surface area contributed by atoms with E-state index in [2.05, 4.69) is 5.32 Å². The van der Waals surface area contributed by atoms with E-state index in [1.807, 2.05) is 38.1 Å². The number of hydrogen-bond donors (Lipinski definition) is 1. The summed E-state index contributed by atoms with van der Waals surface area (Å²) in [7, 11) is 0. The molecule has 1 aromatic heterocycles. The lowest BCUT2D eigenvalue weighted by atomic mass is 10.0. The summed E-state index contributed by atoms with van der Waals surface area (Å²) < 4.78 is 19.8. The van der Waals surface area contributed by atoms with Gasteiger partial charge in [0, 0.05) is 15.8 Å². The minimum Gasteiger partial charge on any atom is -0.451 e. The maximum atomic E-state index is 14.0. The molecule has 3 aromatic rings. The molecule has 1 N–H and O–H groups in total. The lowest BCUT2D eigenvalue weighted by Gasteiger charge is -2.13. The molecule has 0 aliphatic carbocycles. The van der Waals surface area contributed by atoms with Gasteiger partial charge in [-0.2, -0.15) is 0 Å². The van der Waals surface area contributed by atoms with Crippen LogP contribution in [0.25, 0.3) is 10.1 Å². The molecule has 0 aliphatic heterocycles. The summed E-state index contributed by atoms with van der Waals surface area (Å²) in [4.78, 5) is 24.9. The van der Waals surface area contributed by atoms with Crippen LogP contribution in [0.4, 0.5) is 10.1 Å². The van der Waals surface area contributed by atoms with E-state index in [9.17, 15) is 14.0 Å². The second kappa shape index (κ2) is 7.88. The number of aryl methyl sites for hydroxylation is 1. The molecule has 0 radical (unpaired) electrons. The number of rotatable bonds is 5. The van der Waals surface area contributed by atoms with Crippen LogP contribution in [0.1, 0.15) is 40.6 Å². The number of thiophene rings is 1. The fourth-order valence-electron chi connectivity index (χ4n) is 2.95. The van der Waals surface area contributed by atoms with Crippen molar-refractivity contribution in [3.63, 3.8) is 0 Å². The van der Waals surface area contributed by atoms with Crippen LogP contribution in [-0.4, -0.2) is 18.5 Å². The van der Waals surface area contributed by atoms with Crippen molar-refractivity contribution in [1.82, 2.24) is 0 Å². The number of amides is 1. The van der Waals surface area contributed by atoms with Gasteiger partial charge in [0.2, 0.25) is 0 Å². The van der Waals surface area contributed by atoms with Crippen LogP contribution in [0.15, 0.2) is 42.5 Å². The van der Waals surface area contributed by atoms with E-state index in [0.29, 0.717) is 26.2 Å². The van der Waals surface area contributed by atoms with E-state index >= 15 is 0 Å². The Labute approximate surface area is 161 Å². The molecule has 0 spiro atoms. The number of ether oxygens (including phenoxy) is 1. The molecule has 0 bridgehead atoms. The Morgan fingerprint density at radius 1 is 1.15 bits per heavy atom. The van der Waals surface area contributed by atoms with E-state index < -0.39 is 18.5 Å². The zero-order chi connectivity index (χ0) is 19.6. The Morgan fingerprint density at radius 3 is 2.59 bits per heavy atom. The van der Waals surface area contributed by atoms with Crippen LogP contribution in [0, 0.1) is 12.7 Å². The fourth-order valence-corrected chi connectivity index (χ4v) is 4.06. The van der Waals surface area contributed by atoms with E-state index in [1.165, 1.54) is 6.07 Å². The highest BCUT2D eigenvalue weighted by atomic mass is 32.1. The zero-order valence-electron chi connectivity index (χ0n) is 15.3. The Bertz CT molecular complexity index is 1010. The second-order valence-corrected chi connectivity index (χ2v) is 7.59. The number of halogens is 1. The van der Waals surface area contributed by atoms with E-state index in [-0.39, 0.29) is 11.7 Å². The normalized spacial score (nSPS) is 11.0. The third-order valence-corrected chi connectivity index (χ3v) is 5.52. The van der Waals surface area contributed by atoms with Crippen molar-refractivity contribution in [3.05, 3.63) is 64.3 Å². The van der Waals surface area contributed by atoms with Gasteiger partial charge in [0.05, 0.1) is 0 Å². The van der Waals surface area contributed by atoms with Gasteiger partial charge in [0.15, 0.2) is 6.61 Å². The van der Waals surface area contributed by atoms with Crippen molar-refractivity contribution in [2.45, 2.75) is 26.7 Å². The average molecular weight is 385 g/mol. The van der Waals surface area contributed by atoms with Crippen molar-refractivity contribution in [2.75, 3.05) is 11.9 Å². The predicted molar refractivity (Wildman–Crippen MR) is 106 cm³/mol. The highest BCUT2D eigenvalue weighted by Crippen LogP contribution is 2.33. The lowest BCUT2D eigenvalue weighted by Crippen LogP contribution is -2.21. The number of fused-ring (bicyclic) bond motifs is 1. The van der Waals surface area contributed by atoms with E-state index in [1.54, 1.807) is 19.1 Å². The van der Waals surface area contributed by atoms with Crippen LogP contribution in [0.3, 0.4) is 0 Å². The van der Waals surface area contributed by atoms with Gasteiger partial charge in [-0.05, 0) is 42.2 Å². The molecule has 0 fully saturated rings. The van der Waals surface area contributed by atoms with Gasteiger partial charge in [0.25, 0.3) is 5.91 Å². The van der Waals surface area contributed by atoms with Gasteiger partial charge < -0.3 is 10.1 Å². The van der Waals surface area contributed by atoms with Crippen LogP contribution >= 0.6 is 11.3 Å².